The summed E-state index contributed by atoms with van der Waals surface area (Å²) in [6.07, 6.45) is 3.84. The first-order valence-corrected chi connectivity index (χ1v) is 9.10. The lowest BCUT2D eigenvalue weighted by Crippen LogP contribution is -2.37. The molecule has 0 spiro atoms. The molecule has 1 aliphatic rings. The molecule has 4 rings (SSSR count). The van der Waals surface area contributed by atoms with Crippen LogP contribution in [0.5, 0.6) is 0 Å². The number of fused-ring (bicyclic) bond motifs is 1. The van der Waals surface area contributed by atoms with Gasteiger partial charge in [-0.2, -0.15) is 0 Å². The third kappa shape index (κ3) is 3.25. The maximum Gasteiger partial charge on any atom is 0.271 e. The van der Waals surface area contributed by atoms with Crippen LogP contribution >= 0.6 is 22.9 Å². The first-order chi connectivity index (χ1) is 12.1. The van der Waals surface area contributed by atoms with Crippen molar-refractivity contribution in [3.05, 3.63) is 58.3 Å². The molecule has 8 heteroatoms. The fourth-order valence-electron chi connectivity index (χ4n) is 2.95. The SMILES string of the molecule is O=C(N[C@H]1CC(=O)N(Cc2ccccc2Cl)C1)c1cn2ccsc2n1. The Morgan fingerprint density at radius 3 is 3.04 bits per heavy atom. The number of hydrogen-bond donors (Lipinski definition) is 1. The molecule has 0 unspecified atom stereocenters. The highest BCUT2D eigenvalue weighted by molar-refractivity contribution is 7.15. The molecule has 1 atom stereocenters. The molecule has 0 bridgehead atoms. The van der Waals surface area contributed by atoms with E-state index in [0.717, 1.165) is 10.5 Å². The Kier molecular flexibility index (Phi) is 4.19. The normalized spacial score (nSPS) is 17.4. The number of amides is 2. The second-order valence-electron chi connectivity index (χ2n) is 5.96. The van der Waals surface area contributed by atoms with Crippen LogP contribution in [0, 0.1) is 0 Å². The Labute approximate surface area is 153 Å². The van der Waals surface area contributed by atoms with Crippen molar-refractivity contribution in [3.8, 4) is 0 Å². The summed E-state index contributed by atoms with van der Waals surface area (Å²) in [7, 11) is 0. The zero-order chi connectivity index (χ0) is 17.4. The molecule has 0 aliphatic carbocycles. The molecule has 6 nitrogen and oxygen atoms in total. The van der Waals surface area contributed by atoms with E-state index in [2.05, 4.69) is 10.3 Å². The molecular formula is C17H15ClN4O2S. The molecule has 3 aromatic rings. The van der Waals surface area contributed by atoms with Gasteiger partial charge in [0, 0.05) is 42.3 Å². The summed E-state index contributed by atoms with van der Waals surface area (Å²) in [5.74, 6) is -0.246. The van der Waals surface area contributed by atoms with E-state index >= 15 is 0 Å². The van der Waals surface area contributed by atoms with Crippen LogP contribution in [0.4, 0.5) is 0 Å². The van der Waals surface area contributed by atoms with Crippen molar-refractivity contribution in [3.63, 3.8) is 0 Å². The lowest BCUT2D eigenvalue weighted by molar-refractivity contribution is -0.128. The van der Waals surface area contributed by atoms with E-state index in [9.17, 15) is 9.59 Å². The van der Waals surface area contributed by atoms with Gasteiger partial charge in [0.15, 0.2) is 4.96 Å². The first-order valence-electron chi connectivity index (χ1n) is 7.84. The van der Waals surface area contributed by atoms with E-state index in [1.54, 1.807) is 17.2 Å². The molecule has 1 aromatic carbocycles. The average Bonchev–Trinajstić information content (AvgIpc) is 3.25. The fourth-order valence-corrected chi connectivity index (χ4v) is 3.85. The van der Waals surface area contributed by atoms with E-state index in [-0.39, 0.29) is 17.9 Å². The predicted octanol–water partition coefficient (Wildman–Crippen LogP) is 2.58. The number of carbonyl (C=O) groups excluding carboxylic acids is 2. The van der Waals surface area contributed by atoms with Crippen LogP contribution < -0.4 is 5.32 Å². The molecule has 1 N–H and O–H groups in total. The highest BCUT2D eigenvalue weighted by Gasteiger charge is 2.31. The lowest BCUT2D eigenvalue weighted by atomic mass is 10.2. The third-order valence-corrected chi connectivity index (χ3v) is 5.33. The Bertz CT molecular complexity index is 922. The highest BCUT2D eigenvalue weighted by atomic mass is 35.5. The van der Waals surface area contributed by atoms with Gasteiger partial charge in [-0.25, -0.2) is 4.98 Å². The summed E-state index contributed by atoms with van der Waals surface area (Å²) in [6.45, 7) is 0.920. The quantitative estimate of drug-likeness (QED) is 0.763. The van der Waals surface area contributed by atoms with Crippen molar-refractivity contribution in [1.82, 2.24) is 19.6 Å². The second kappa shape index (κ2) is 6.50. The number of halogens is 1. The van der Waals surface area contributed by atoms with E-state index in [1.807, 2.05) is 34.2 Å². The fraction of sp³-hybridized carbons (Fsp3) is 0.235. The summed E-state index contributed by atoms with van der Waals surface area (Å²) in [6, 6.07) is 7.24. The molecule has 128 valence electrons. The first kappa shape index (κ1) is 16.1. The third-order valence-electron chi connectivity index (χ3n) is 4.19. The average molecular weight is 375 g/mol. The highest BCUT2D eigenvalue weighted by Crippen LogP contribution is 2.21. The van der Waals surface area contributed by atoms with Crippen LogP contribution in [0.25, 0.3) is 4.96 Å². The van der Waals surface area contributed by atoms with Gasteiger partial charge < -0.3 is 10.2 Å². The predicted molar refractivity (Wildman–Crippen MR) is 95.8 cm³/mol. The van der Waals surface area contributed by atoms with E-state index < -0.39 is 0 Å². The number of rotatable bonds is 4. The number of benzene rings is 1. The van der Waals surface area contributed by atoms with Gasteiger partial charge >= 0.3 is 0 Å². The number of likely N-dealkylation sites (tertiary alicyclic amines) is 1. The maximum absolute atomic E-state index is 12.4. The molecule has 3 heterocycles. The Morgan fingerprint density at radius 1 is 1.40 bits per heavy atom. The van der Waals surface area contributed by atoms with Crippen molar-refractivity contribution < 1.29 is 9.59 Å². The van der Waals surface area contributed by atoms with Crippen LogP contribution in [0.1, 0.15) is 22.5 Å². The molecule has 2 amide bonds. The second-order valence-corrected chi connectivity index (χ2v) is 7.24. The topological polar surface area (TPSA) is 66.7 Å². The maximum atomic E-state index is 12.4. The van der Waals surface area contributed by atoms with E-state index in [4.69, 9.17) is 11.6 Å². The Hall–Kier alpha value is -2.38. The van der Waals surface area contributed by atoms with Gasteiger partial charge in [-0.1, -0.05) is 29.8 Å². The summed E-state index contributed by atoms with van der Waals surface area (Å²) in [5, 5.41) is 5.45. The number of nitrogens with zero attached hydrogens (tertiary/aromatic N) is 3. The van der Waals surface area contributed by atoms with Crippen LogP contribution in [0.3, 0.4) is 0 Å². The van der Waals surface area contributed by atoms with Crippen molar-refractivity contribution in [2.75, 3.05) is 6.54 Å². The zero-order valence-corrected chi connectivity index (χ0v) is 14.8. The minimum atomic E-state index is -0.256. The Morgan fingerprint density at radius 2 is 2.24 bits per heavy atom. The smallest absolute Gasteiger partial charge is 0.271 e. The molecule has 2 aromatic heterocycles. The number of carbonyl (C=O) groups is 2. The van der Waals surface area contributed by atoms with Crippen molar-refractivity contribution in [1.29, 1.82) is 0 Å². The van der Waals surface area contributed by atoms with Crippen LogP contribution in [0.15, 0.2) is 42.0 Å². The van der Waals surface area contributed by atoms with Gasteiger partial charge in [0.05, 0.1) is 6.04 Å². The van der Waals surface area contributed by atoms with Gasteiger partial charge in [-0.3, -0.25) is 14.0 Å². The zero-order valence-electron chi connectivity index (χ0n) is 13.2. The number of nitrogens with one attached hydrogen (secondary N) is 1. The van der Waals surface area contributed by atoms with Crippen molar-refractivity contribution >= 4 is 39.7 Å². The number of thiazole rings is 1. The standard InChI is InChI=1S/C17H15ClN4O2S/c18-13-4-2-1-3-11(13)8-22-9-12(7-15(22)23)19-16(24)14-10-21-5-6-25-17(21)20-14/h1-6,10,12H,7-9H2,(H,19,24)/t12-/m0/s1. The number of aromatic nitrogens is 2. The molecular weight excluding hydrogens is 360 g/mol. The summed E-state index contributed by atoms with van der Waals surface area (Å²) in [5.41, 5.74) is 1.27. The summed E-state index contributed by atoms with van der Waals surface area (Å²) < 4.78 is 1.81. The Balaban J connectivity index is 1.41. The minimum Gasteiger partial charge on any atom is -0.346 e. The van der Waals surface area contributed by atoms with Crippen LogP contribution in [-0.4, -0.2) is 38.7 Å². The number of imidazole rings is 1. The lowest BCUT2D eigenvalue weighted by Gasteiger charge is -2.17. The molecule has 1 fully saturated rings. The van der Waals surface area contributed by atoms with Gasteiger partial charge in [-0.15, -0.1) is 11.3 Å². The molecule has 25 heavy (non-hydrogen) atoms. The van der Waals surface area contributed by atoms with Gasteiger partial charge in [-0.05, 0) is 11.6 Å². The van der Waals surface area contributed by atoms with Crippen molar-refractivity contribution in [2.24, 2.45) is 0 Å². The minimum absolute atomic E-state index is 0.0102. The number of hydrogen-bond acceptors (Lipinski definition) is 4. The molecule has 1 aliphatic heterocycles. The van der Waals surface area contributed by atoms with Gasteiger partial charge in [0.25, 0.3) is 5.91 Å². The largest absolute Gasteiger partial charge is 0.346 e. The molecule has 0 saturated carbocycles. The van der Waals surface area contributed by atoms with Gasteiger partial charge in [0.2, 0.25) is 5.91 Å². The van der Waals surface area contributed by atoms with Gasteiger partial charge in [0.1, 0.15) is 5.69 Å². The van der Waals surface area contributed by atoms with Crippen molar-refractivity contribution in [2.45, 2.75) is 19.0 Å². The van der Waals surface area contributed by atoms with Crippen LogP contribution in [0.2, 0.25) is 5.02 Å². The van der Waals surface area contributed by atoms with E-state index in [1.165, 1.54) is 11.3 Å². The van der Waals surface area contributed by atoms with Crippen LogP contribution in [-0.2, 0) is 11.3 Å². The monoisotopic (exact) mass is 374 g/mol. The van der Waals surface area contributed by atoms with E-state index in [0.29, 0.717) is 30.2 Å². The molecule has 0 radical (unpaired) electrons. The summed E-state index contributed by atoms with van der Waals surface area (Å²) >= 11 is 7.63. The summed E-state index contributed by atoms with van der Waals surface area (Å²) in [4.78, 5) is 31.4. The molecule has 1 saturated heterocycles.